The molecule has 0 bridgehead atoms. The van der Waals surface area contributed by atoms with Gasteiger partial charge in [-0.15, -0.1) is 0 Å². The fraction of sp³-hybridized carbons (Fsp3) is 0.286. The van der Waals surface area contributed by atoms with Crippen molar-refractivity contribution in [3.8, 4) is 5.75 Å². The van der Waals surface area contributed by atoms with Crippen LogP contribution in [-0.2, 0) is 14.3 Å². The van der Waals surface area contributed by atoms with E-state index in [0.717, 1.165) is 17.7 Å². The molecule has 1 fully saturated rings. The molecule has 0 saturated carbocycles. The molecule has 0 aliphatic carbocycles. The van der Waals surface area contributed by atoms with E-state index in [0.29, 0.717) is 24.3 Å². The summed E-state index contributed by atoms with van der Waals surface area (Å²) in [6, 6.07) is 14.1. The molecule has 2 aromatic rings. The van der Waals surface area contributed by atoms with E-state index in [9.17, 15) is 14.4 Å². The minimum absolute atomic E-state index is 0.0941. The van der Waals surface area contributed by atoms with Crippen molar-refractivity contribution in [2.75, 3.05) is 24.7 Å². The average Bonchev–Trinajstić information content (AvgIpc) is 3.10. The highest BCUT2D eigenvalue weighted by Gasteiger charge is 2.21. The third-order valence-electron chi connectivity index (χ3n) is 4.28. The topological polar surface area (TPSA) is 72.9 Å². The number of aryl methyl sites for hydroxylation is 1. The van der Waals surface area contributed by atoms with E-state index < -0.39 is 5.97 Å². The van der Waals surface area contributed by atoms with E-state index in [1.54, 1.807) is 35.2 Å². The largest absolute Gasteiger partial charge is 0.482 e. The normalized spacial score (nSPS) is 13.5. The number of carbonyl (C=O) groups is 3. The highest BCUT2D eigenvalue weighted by Crippen LogP contribution is 2.21. The third-order valence-corrected chi connectivity index (χ3v) is 4.28. The first-order valence-electron chi connectivity index (χ1n) is 8.81. The minimum atomic E-state index is -0.607. The predicted octanol–water partition coefficient (Wildman–Crippen LogP) is 2.93. The number of hydrogen-bond acceptors (Lipinski definition) is 5. The van der Waals surface area contributed by atoms with Gasteiger partial charge in [-0.2, -0.15) is 0 Å². The number of rotatable bonds is 7. The van der Waals surface area contributed by atoms with Crippen LogP contribution in [0.3, 0.4) is 0 Å². The number of anilines is 1. The Labute approximate surface area is 157 Å². The Kier molecular flexibility index (Phi) is 5.86. The number of ether oxygens (including phenoxy) is 2. The molecule has 0 radical (unpaired) electrons. The first kappa shape index (κ1) is 18.6. The van der Waals surface area contributed by atoms with Crippen molar-refractivity contribution in [3.63, 3.8) is 0 Å². The molecule has 140 valence electrons. The number of ketones is 1. The summed E-state index contributed by atoms with van der Waals surface area (Å²) in [4.78, 5) is 37.4. The number of Topliss-reactive ketones (excluding diaryl/α,β-unsaturated/α-hetero) is 1. The monoisotopic (exact) mass is 367 g/mol. The summed E-state index contributed by atoms with van der Waals surface area (Å²) >= 11 is 0. The summed E-state index contributed by atoms with van der Waals surface area (Å²) in [5, 5.41) is 0. The lowest BCUT2D eigenvalue weighted by Crippen LogP contribution is -2.23. The highest BCUT2D eigenvalue weighted by molar-refractivity contribution is 5.99. The molecule has 6 heteroatoms. The highest BCUT2D eigenvalue weighted by atomic mass is 16.6. The van der Waals surface area contributed by atoms with Crippen LogP contribution < -0.4 is 9.64 Å². The second-order valence-electron chi connectivity index (χ2n) is 6.38. The minimum Gasteiger partial charge on any atom is -0.482 e. The fourth-order valence-electron chi connectivity index (χ4n) is 2.87. The smallest absolute Gasteiger partial charge is 0.344 e. The quantitative estimate of drug-likeness (QED) is 0.556. The zero-order chi connectivity index (χ0) is 19.2. The Morgan fingerprint density at radius 2 is 1.85 bits per heavy atom. The number of carbonyl (C=O) groups excluding carboxylic acids is 3. The molecule has 1 aliphatic heterocycles. The molecule has 1 aliphatic rings. The van der Waals surface area contributed by atoms with Crippen LogP contribution in [0.15, 0.2) is 48.5 Å². The molecule has 3 rings (SSSR count). The van der Waals surface area contributed by atoms with E-state index in [1.807, 2.05) is 25.1 Å². The van der Waals surface area contributed by atoms with Crippen molar-refractivity contribution in [2.24, 2.45) is 0 Å². The number of hydrogen-bond donors (Lipinski definition) is 0. The first-order chi connectivity index (χ1) is 13.0. The van der Waals surface area contributed by atoms with Gasteiger partial charge in [-0.05, 0) is 55.3 Å². The molecular weight excluding hydrogens is 346 g/mol. The van der Waals surface area contributed by atoms with E-state index in [-0.39, 0.29) is 24.9 Å². The number of nitrogens with zero attached hydrogens (tertiary/aromatic N) is 1. The SMILES string of the molecule is Cc1cccc(OCC(=O)OCC(=O)c2ccc(N3CCCC3=O)cc2)c1. The summed E-state index contributed by atoms with van der Waals surface area (Å²) in [5.74, 6) is -0.246. The van der Waals surface area contributed by atoms with Crippen LogP contribution in [0.1, 0.15) is 28.8 Å². The molecule has 27 heavy (non-hydrogen) atoms. The molecule has 0 spiro atoms. The lowest BCUT2D eigenvalue weighted by Gasteiger charge is -2.15. The van der Waals surface area contributed by atoms with Crippen molar-refractivity contribution < 1.29 is 23.9 Å². The van der Waals surface area contributed by atoms with Gasteiger partial charge in [0.25, 0.3) is 0 Å². The van der Waals surface area contributed by atoms with Crippen LogP contribution in [0.25, 0.3) is 0 Å². The molecule has 2 aromatic carbocycles. The van der Waals surface area contributed by atoms with Crippen molar-refractivity contribution in [3.05, 3.63) is 59.7 Å². The van der Waals surface area contributed by atoms with Gasteiger partial charge in [-0.25, -0.2) is 4.79 Å². The Balaban J connectivity index is 1.47. The van der Waals surface area contributed by atoms with Gasteiger partial charge in [0.2, 0.25) is 5.91 Å². The van der Waals surface area contributed by atoms with Crippen LogP contribution in [0, 0.1) is 6.92 Å². The second-order valence-corrected chi connectivity index (χ2v) is 6.38. The van der Waals surface area contributed by atoms with Gasteiger partial charge < -0.3 is 14.4 Å². The first-order valence-corrected chi connectivity index (χ1v) is 8.81. The van der Waals surface area contributed by atoms with Crippen LogP contribution in [-0.4, -0.2) is 37.4 Å². The van der Waals surface area contributed by atoms with E-state index in [4.69, 9.17) is 9.47 Å². The Bertz CT molecular complexity index is 844. The van der Waals surface area contributed by atoms with Crippen molar-refractivity contribution in [1.82, 2.24) is 0 Å². The Hall–Kier alpha value is -3.15. The third kappa shape index (κ3) is 4.94. The average molecular weight is 367 g/mol. The molecule has 1 heterocycles. The lowest BCUT2D eigenvalue weighted by molar-refractivity contribution is -0.144. The summed E-state index contributed by atoms with van der Waals surface area (Å²) in [6.45, 7) is 2.02. The van der Waals surface area contributed by atoms with Gasteiger partial charge in [0.15, 0.2) is 19.0 Å². The standard InChI is InChI=1S/C21H21NO5/c1-15-4-2-5-18(12-15)26-14-21(25)27-13-19(23)16-7-9-17(10-8-16)22-11-3-6-20(22)24/h2,4-5,7-10,12H,3,6,11,13-14H2,1H3. The van der Waals surface area contributed by atoms with Crippen LogP contribution in [0.2, 0.25) is 0 Å². The van der Waals surface area contributed by atoms with E-state index >= 15 is 0 Å². The van der Waals surface area contributed by atoms with Gasteiger partial charge in [-0.3, -0.25) is 9.59 Å². The zero-order valence-electron chi connectivity index (χ0n) is 15.1. The summed E-state index contributed by atoms with van der Waals surface area (Å²) in [7, 11) is 0. The van der Waals surface area contributed by atoms with Crippen LogP contribution >= 0.6 is 0 Å². The van der Waals surface area contributed by atoms with E-state index in [1.165, 1.54) is 0 Å². The summed E-state index contributed by atoms with van der Waals surface area (Å²) in [6.07, 6.45) is 1.40. The molecule has 1 amide bonds. The lowest BCUT2D eigenvalue weighted by atomic mass is 10.1. The second kappa shape index (κ2) is 8.49. The molecule has 0 N–H and O–H groups in total. The number of amides is 1. The van der Waals surface area contributed by atoms with Crippen LogP contribution in [0.4, 0.5) is 5.69 Å². The van der Waals surface area contributed by atoms with Crippen molar-refractivity contribution in [1.29, 1.82) is 0 Å². The molecular formula is C21H21NO5. The maximum Gasteiger partial charge on any atom is 0.344 e. The van der Waals surface area contributed by atoms with Gasteiger partial charge >= 0.3 is 5.97 Å². The Morgan fingerprint density at radius 3 is 2.52 bits per heavy atom. The Morgan fingerprint density at radius 1 is 1.07 bits per heavy atom. The van der Waals surface area contributed by atoms with Gasteiger partial charge in [-0.1, -0.05) is 12.1 Å². The molecule has 1 saturated heterocycles. The van der Waals surface area contributed by atoms with E-state index in [2.05, 4.69) is 0 Å². The molecule has 0 aromatic heterocycles. The number of benzene rings is 2. The molecule has 0 atom stereocenters. The fourth-order valence-corrected chi connectivity index (χ4v) is 2.87. The van der Waals surface area contributed by atoms with Gasteiger partial charge in [0.05, 0.1) is 0 Å². The summed E-state index contributed by atoms with van der Waals surface area (Å²) < 4.78 is 10.3. The van der Waals surface area contributed by atoms with Gasteiger partial charge in [0, 0.05) is 24.2 Å². The predicted molar refractivity (Wildman–Crippen MR) is 100.0 cm³/mol. The van der Waals surface area contributed by atoms with Crippen molar-refractivity contribution in [2.45, 2.75) is 19.8 Å². The zero-order valence-corrected chi connectivity index (χ0v) is 15.1. The van der Waals surface area contributed by atoms with Crippen LogP contribution in [0.5, 0.6) is 5.75 Å². The van der Waals surface area contributed by atoms with Crippen molar-refractivity contribution >= 4 is 23.3 Å². The maximum atomic E-state index is 12.2. The molecule has 6 nitrogen and oxygen atoms in total. The maximum absolute atomic E-state index is 12.2. The van der Waals surface area contributed by atoms with Gasteiger partial charge in [0.1, 0.15) is 5.75 Å². The molecule has 0 unspecified atom stereocenters. The summed E-state index contributed by atoms with van der Waals surface area (Å²) in [5.41, 5.74) is 2.23. The number of esters is 1.